The van der Waals surface area contributed by atoms with E-state index in [1.165, 1.54) is 11.1 Å². The van der Waals surface area contributed by atoms with Crippen LogP contribution >= 0.6 is 11.6 Å². The molecule has 3 rings (SSSR count). The van der Waals surface area contributed by atoms with Crippen molar-refractivity contribution in [2.45, 2.75) is 44.8 Å². The van der Waals surface area contributed by atoms with Gasteiger partial charge in [-0.3, -0.25) is 4.79 Å². The molecule has 4 heteroatoms. The van der Waals surface area contributed by atoms with Crippen LogP contribution in [0.25, 0.3) is 0 Å². The van der Waals surface area contributed by atoms with Crippen molar-refractivity contribution in [2.75, 3.05) is 0 Å². The second-order valence-corrected chi connectivity index (χ2v) is 8.47. The first-order valence-electron chi connectivity index (χ1n) is 10.2. The maximum Gasteiger partial charge on any atom is 0.263 e. The van der Waals surface area contributed by atoms with Gasteiger partial charge in [-0.25, -0.2) is 0 Å². The Morgan fingerprint density at radius 2 is 1.50 bits per heavy atom. The van der Waals surface area contributed by atoms with Gasteiger partial charge in [-0.15, -0.1) is 0 Å². The molecule has 0 spiro atoms. The van der Waals surface area contributed by atoms with Crippen LogP contribution in [0.4, 0.5) is 0 Å². The lowest BCUT2D eigenvalue weighted by atomic mass is 9.86. The van der Waals surface area contributed by atoms with Crippen molar-refractivity contribution < 1.29 is 9.53 Å². The second kappa shape index (κ2) is 9.82. The van der Waals surface area contributed by atoms with Crippen LogP contribution in [-0.4, -0.2) is 17.6 Å². The number of carbonyl (C=O) groups is 1. The first-order chi connectivity index (χ1) is 14.3. The zero-order valence-corrected chi connectivity index (χ0v) is 18.4. The number of halogens is 1. The first kappa shape index (κ1) is 21.9. The number of hydrogen-bond acceptors (Lipinski definition) is 2. The molecule has 3 aromatic rings. The van der Waals surface area contributed by atoms with Crippen LogP contribution in [0, 0.1) is 0 Å². The summed E-state index contributed by atoms with van der Waals surface area (Å²) in [5.74, 6) is 0.596. The highest BCUT2D eigenvalue weighted by atomic mass is 35.5. The molecule has 1 amide bonds. The average Bonchev–Trinajstić information content (AvgIpc) is 2.74. The zero-order valence-electron chi connectivity index (χ0n) is 17.6. The summed E-state index contributed by atoms with van der Waals surface area (Å²) in [5, 5.41) is 3.81. The molecule has 1 N–H and O–H groups in total. The Balaban J connectivity index is 1.74. The van der Waals surface area contributed by atoms with Gasteiger partial charge in [0.25, 0.3) is 5.91 Å². The summed E-state index contributed by atoms with van der Waals surface area (Å²) in [6.07, 6.45) is 0.838. The Morgan fingerprint density at radius 3 is 2.10 bits per heavy atom. The first-order valence-corrected chi connectivity index (χ1v) is 10.6. The van der Waals surface area contributed by atoms with Crippen molar-refractivity contribution in [3.8, 4) is 5.75 Å². The predicted octanol–water partition coefficient (Wildman–Crippen LogP) is 6.03. The van der Waals surface area contributed by atoms with Crippen molar-refractivity contribution in [3.63, 3.8) is 0 Å². The van der Waals surface area contributed by atoms with E-state index in [1.807, 2.05) is 36.4 Å². The van der Waals surface area contributed by atoms with Gasteiger partial charge in [-0.05, 0) is 62.6 Å². The zero-order chi connectivity index (χ0) is 21.6. The molecule has 0 aliphatic heterocycles. The third-order valence-electron chi connectivity index (χ3n) is 5.22. The fourth-order valence-electron chi connectivity index (χ4n) is 3.48. The number of rotatable bonds is 8. The highest BCUT2D eigenvalue weighted by Crippen LogP contribution is 2.26. The number of carbonyl (C=O) groups excluding carboxylic acids is 1. The van der Waals surface area contributed by atoms with E-state index in [0.29, 0.717) is 10.8 Å². The lowest BCUT2D eigenvalue weighted by Crippen LogP contribution is -2.51. The van der Waals surface area contributed by atoms with Gasteiger partial charge < -0.3 is 10.1 Å². The maximum absolute atomic E-state index is 13.1. The molecule has 0 aromatic heterocycles. The molecule has 156 valence electrons. The van der Waals surface area contributed by atoms with E-state index in [4.69, 9.17) is 16.3 Å². The minimum atomic E-state index is -1.02. The van der Waals surface area contributed by atoms with E-state index in [1.54, 1.807) is 38.1 Å². The molecule has 0 radical (unpaired) electrons. The topological polar surface area (TPSA) is 38.3 Å². The molecule has 3 nitrogen and oxygen atoms in total. The van der Waals surface area contributed by atoms with Crippen molar-refractivity contribution in [3.05, 3.63) is 101 Å². The van der Waals surface area contributed by atoms with Crippen LogP contribution < -0.4 is 10.1 Å². The van der Waals surface area contributed by atoms with Crippen molar-refractivity contribution in [2.24, 2.45) is 0 Å². The number of nitrogens with one attached hydrogen (secondary N) is 1. The summed E-state index contributed by atoms with van der Waals surface area (Å²) in [5.41, 5.74) is 1.42. The van der Waals surface area contributed by atoms with Gasteiger partial charge in [-0.1, -0.05) is 72.3 Å². The Hall–Kier alpha value is -2.78. The summed E-state index contributed by atoms with van der Waals surface area (Å²) in [6, 6.07) is 27.6. The summed E-state index contributed by atoms with van der Waals surface area (Å²) in [6.45, 7) is 5.60. The van der Waals surface area contributed by atoms with Gasteiger partial charge in [0, 0.05) is 17.0 Å². The van der Waals surface area contributed by atoms with E-state index in [9.17, 15) is 4.79 Å². The van der Waals surface area contributed by atoms with Gasteiger partial charge in [0.1, 0.15) is 5.75 Å². The molecule has 0 fully saturated rings. The Labute approximate surface area is 184 Å². The lowest BCUT2D eigenvalue weighted by Gasteiger charge is -2.31. The Morgan fingerprint density at radius 1 is 0.933 bits per heavy atom. The summed E-state index contributed by atoms with van der Waals surface area (Å²) in [7, 11) is 0. The van der Waals surface area contributed by atoms with Crippen molar-refractivity contribution in [1.29, 1.82) is 0 Å². The molecule has 0 aliphatic carbocycles. The highest BCUT2D eigenvalue weighted by molar-refractivity contribution is 6.30. The molecule has 0 bridgehead atoms. The minimum Gasteiger partial charge on any atom is -0.478 e. The number of ether oxygens (including phenoxy) is 1. The number of amides is 1. The van der Waals surface area contributed by atoms with Crippen LogP contribution in [-0.2, 0) is 11.2 Å². The van der Waals surface area contributed by atoms with Crippen LogP contribution in [0.5, 0.6) is 5.75 Å². The van der Waals surface area contributed by atoms with E-state index in [2.05, 4.69) is 36.5 Å². The summed E-state index contributed by atoms with van der Waals surface area (Å²) < 4.78 is 5.95. The van der Waals surface area contributed by atoms with Gasteiger partial charge in [0.15, 0.2) is 5.60 Å². The number of hydrogen-bond donors (Lipinski definition) is 1. The fourth-order valence-corrected chi connectivity index (χ4v) is 3.60. The SMILES string of the molecule is C[C@@H](NC(=O)C(C)(C)Oc1ccc(Cl)cc1)[C@H](Cc1ccccc1)c1ccccc1. The largest absolute Gasteiger partial charge is 0.478 e. The third-order valence-corrected chi connectivity index (χ3v) is 5.47. The van der Waals surface area contributed by atoms with Crippen LogP contribution in [0.1, 0.15) is 37.8 Å². The smallest absolute Gasteiger partial charge is 0.263 e. The molecule has 30 heavy (non-hydrogen) atoms. The van der Waals surface area contributed by atoms with Gasteiger partial charge in [-0.2, -0.15) is 0 Å². The lowest BCUT2D eigenvalue weighted by molar-refractivity contribution is -0.135. The third kappa shape index (κ3) is 5.87. The van der Waals surface area contributed by atoms with Crippen molar-refractivity contribution >= 4 is 17.5 Å². The molecule has 0 saturated heterocycles. The molecule has 0 heterocycles. The molecular weight excluding hydrogens is 394 g/mol. The Kier molecular flexibility index (Phi) is 7.17. The monoisotopic (exact) mass is 421 g/mol. The van der Waals surface area contributed by atoms with Gasteiger partial charge >= 0.3 is 0 Å². The molecule has 0 unspecified atom stereocenters. The second-order valence-electron chi connectivity index (χ2n) is 8.04. The van der Waals surface area contributed by atoms with Crippen LogP contribution in [0.3, 0.4) is 0 Å². The van der Waals surface area contributed by atoms with E-state index in [-0.39, 0.29) is 17.9 Å². The summed E-state index contributed by atoms with van der Waals surface area (Å²) in [4.78, 5) is 13.1. The standard InChI is InChI=1S/C26H28ClNO2/c1-19(28-25(29)26(2,3)30-23-16-14-22(27)15-17-23)24(21-12-8-5-9-13-21)18-20-10-6-4-7-11-20/h4-17,19,24H,18H2,1-3H3,(H,28,29)/t19-,24+/m1/s1. The van der Waals surface area contributed by atoms with Crippen LogP contribution in [0.2, 0.25) is 5.02 Å². The fraction of sp³-hybridized carbons (Fsp3) is 0.269. The molecule has 2 atom stereocenters. The predicted molar refractivity (Wildman–Crippen MR) is 123 cm³/mol. The normalized spacial score (nSPS) is 13.3. The molecular formula is C26H28ClNO2. The average molecular weight is 422 g/mol. The highest BCUT2D eigenvalue weighted by Gasteiger charge is 2.32. The quantitative estimate of drug-likeness (QED) is 0.482. The number of benzene rings is 3. The van der Waals surface area contributed by atoms with Crippen molar-refractivity contribution in [1.82, 2.24) is 5.32 Å². The van der Waals surface area contributed by atoms with Crippen LogP contribution in [0.15, 0.2) is 84.9 Å². The minimum absolute atomic E-state index is 0.0757. The maximum atomic E-state index is 13.1. The van der Waals surface area contributed by atoms with Gasteiger partial charge in [0.05, 0.1) is 0 Å². The van der Waals surface area contributed by atoms with E-state index < -0.39 is 5.60 Å². The summed E-state index contributed by atoms with van der Waals surface area (Å²) >= 11 is 5.94. The molecule has 0 aliphatic rings. The Bertz CT molecular complexity index is 940. The van der Waals surface area contributed by atoms with E-state index >= 15 is 0 Å². The molecule has 0 saturated carbocycles. The molecule has 3 aromatic carbocycles. The van der Waals surface area contributed by atoms with E-state index in [0.717, 1.165) is 6.42 Å². The van der Waals surface area contributed by atoms with Gasteiger partial charge in [0.2, 0.25) is 0 Å².